The fourth-order valence-electron chi connectivity index (χ4n) is 5.26. The molecule has 0 radical (unpaired) electrons. The molecule has 0 aromatic rings. The van der Waals surface area contributed by atoms with Gasteiger partial charge in [-0.15, -0.1) is 23.2 Å². The number of alkyl halides is 2. The third kappa shape index (κ3) is 28.4. The minimum Gasteiger partial charge on any atom is -0.389 e. The number of unbranched alkanes of at least 4 members (excludes halogenated alkanes) is 22. The summed E-state index contributed by atoms with van der Waals surface area (Å²) in [6.07, 6.45) is 31.9. The van der Waals surface area contributed by atoms with E-state index in [2.05, 4.69) is 13.8 Å². The Hall–Kier alpha value is 0.460. The number of rotatable bonds is 32. The van der Waals surface area contributed by atoms with Gasteiger partial charge in [-0.1, -0.05) is 168 Å². The molecule has 0 aliphatic heterocycles. The van der Waals surface area contributed by atoms with E-state index in [1.165, 1.54) is 141 Å². The van der Waals surface area contributed by atoms with E-state index in [1.807, 2.05) is 0 Å². The predicted octanol–water partition coefficient (Wildman–Crippen LogP) is 11.1. The molecule has 3 nitrogen and oxygen atoms in total. The van der Waals surface area contributed by atoms with Crippen LogP contribution in [0, 0.1) is 0 Å². The van der Waals surface area contributed by atoms with Crippen molar-refractivity contribution >= 4 is 23.2 Å². The molecule has 0 saturated heterocycles. The topological polar surface area (TPSA) is 49.7 Å². The molecule has 39 heavy (non-hydrogen) atoms. The minimum atomic E-state index is -0.698. The highest BCUT2D eigenvalue weighted by Crippen LogP contribution is 2.18. The molecule has 0 fully saturated rings. The highest BCUT2D eigenvalue weighted by atomic mass is 35.5. The second-order valence-corrected chi connectivity index (χ2v) is 13.2. The molecule has 2 N–H and O–H groups in total. The van der Waals surface area contributed by atoms with Gasteiger partial charge in [-0.3, -0.25) is 0 Å². The quantitative estimate of drug-likeness (QED) is 0.0601. The van der Waals surface area contributed by atoms with E-state index in [-0.39, 0.29) is 24.0 Å². The summed E-state index contributed by atoms with van der Waals surface area (Å²) in [6.45, 7) is 4.85. The molecule has 0 spiro atoms. The van der Waals surface area contributed by atoms with Gasteiger partial charge >= 0.3 is 0 Å². The van der Waals surface area contributed by atoms with Crippen LogP contribution in [-0.2, 0) is 4.74 Å². The molecule has 0 heterocycles. The van der Waals surface area contributed by atoms with Crippen LogP contribution in [0.4, 0.5) is 0 Å². The largest absolute Gasteiger partial charge is 0.389 e. The highest BCUT2D eigenvalue weighted by molar-refractivity contribution is 6.21. The lowest BCUT2D eigenvalue weighted by molar-refractivity contribution is -0.0106. The molecule has 0 aliphatic rings. The smallest absolute Gasteiger partial charge is 0.0936 e. The maximum Gasteiger partial charge on any atom is 0.0936 e. The Morgan fingerprint density at radius 1 is 0.410 bits per heavy atom. The molecule has 4 atom stereocenters. The van der Waals surface area contributed by atoms with Crippen molar-refractivity contribution in [1.82, 2.24) is 0 Å². The van der Waals surface area contributed by atoms with E-state index >= 15 is 0 Å². The van der Waals surface area contributed by atoms with Crippen LogP contribution >= 0.6 is 23.2 Å². The lowest BCUT2D eigenvalue weighted by Crippen LogP contribution is -2.31. The van der Waals surface area contributed by atoms with Gasteiger partial charge in [0.15, 0.2) is 0 Å². The van der Waals surface area contributed by atoms with Crippen molar-refractivity contribution in [2.75, 3.05) is 13.2 Å². The Kier molecular flexibility index (Phi) is 31.8. The maximum absolute atomic E-state index is 10.3. The molecule has 0 aromatic heterocycles. The van der Waals surface area contributed by atoms with Crippen molar-refractivity contribution in [3.63, 3.8) is 0 Å². The Morgan fingerprint density at radius 3 is 0.897 bits per heavy atom. The number of hydrogen-bond acceptors (Lipinski definition) is 3. The maximum atomic E-state index is 10.3. The zero-order valence-corrected chi connectivity index (χ0v) is 27.7. The Bertz CT molecular complexity index is 426. The molecule has 236 valence electrons. The summed E-state index contributed by atoms with van der Waals surface area (Å²) >= 11 is 12.8. The zero-order valence-electron chi connectivity index (χ0n) is 26.2. The zero-order chi connectivity index (χ0) is 28.8. The van der Waals surface area contributed by atoms with Crippen molar-refractivity contribution in [1.29, 1.82) is 0 Å². The number of aliphatic hydroxyl groups excluding tert-OH is 2. The van der Waals surface area contributed by atoms with Crippen molar-refractivity contribution in [3.8, 4) is 0 Å². The van der Waals surface area contributed by atoms with Gasteiger partial charge in [-0.05, 0) is 12.8 Å². The summed E-state index contributed by atoms with van der Waals surface area (Å²) in [5.41, 5.74) is 0. The first kappa shape index (κ1) is 39.5. The average molecular weight is 596 g/mol. The van der Waals surface area contributed by atoms with Gasteiger partial charge < -0.3 is 14.9 Å². The third-order valence-corrected chi connectivity index (χ3v) is 9.10. The highest BCUT2D eigenvalue weighted by Gasteiger charge is 2.20. The number of aliphatic hydroxyl groups is 2. The van der Waals surface area contributed by atoms with Gasteiger partial charge in [-0.2, -0.15) is 0 Å². The average Bonchev–Trinajstić information content (AvgIpc) is 2.93. The number of hydrogen-bond donors (Lipinski definition) is 2. The molecule has 0 rings (SSSR count). The molecule has 0 saturated carbocycles. The van der Waals surface area contributed by atoms with Crippen molar-refractivity contribution < 1.29 is 14.9 Å². The molecule has 0 bridgehead atoms. The minimum absolute atomic E-state index is 0.158. The molecular weight excluding hydrogens is 527 g/mol. The Balaban J connectivity index is 3.53. The third-order valence-electron chi connectivity index (χ3n) is 8.08. The number of ether oxygens (including phenoxy) is 1. The van der Waals surface area contributed by atoms with Crippen LogP contribution in [0.1, 0.15) is 181 Å². The fraction of sp³-hybridized carbons (Fsp3) is 1.00. The van der Waals surface area contributed by atoms with Gasteiger partial charge in [0.25, 0.3) is 0 Å². The van der Waals surface area contributed by atoms with Crippen molar-refractivity contribution in [3.05, 3.63) is 0 Å². The van der Waals surface area contributed by atoms with Crippen LogP contribution in [0.5, 0.6) is 0 Å². The summed E-state index contributed by atoms with van der Waals surface area (Å²) < 4.78 is 5.56. The van der Waals surface area contributed by atoms with E-state index in [0.29, 0.717) is 0 Å². The first-order chi connectivity index (χ1) is 19.0. The molecule has 0 aromatic carbocycles. The normalized spacial score (nSPS) is 14.9. The van der Waals surface area contributed by atoms with Gasteiger partial charge in [-0.25, -0.2) is 0 Å². The first-order valence-corrected chi connectivity index (χ1v) is 18.1. The molecule has 0 amide bonds. The van der Waals surface area contributed by atoms with Gasteiger partial charge in [0.1, 0.15) is 0 Å². The van der Waals surface area contributed by atoms with E-state index in [4.69, 9.17) is 27.9 Å². The molecule has 0 aliphatic carbocycles. The summed E-state index contributed by atoms with van der Waals surface area (Å²) in [6, 6.07) is 0. The Labute approximate surface area is 254 Å². The number of halogens is 2. The van der Waals surface area contributed by atoms with E-state index in [1.54, 1.807) is 0 Å². The lowest BCUT2D eigenvalue weighted by atomic mass is 10.0. The van der Waals surface area contributed by atoms with Crippen LogP contribution in [0.25, 0.3) is 0 Å². The van der Waals surface area contributed by atoms with Crippen molar-refractivity contribution in [2.24, 2.45) is 0 Å². The van der Waals surface area contributed by atoms with Crippen molar-refractivity contribution in [2.45, 2.75) is 204 Å². The van der Waals surface area contributed by atoms with Crippen LogP contribution in [0.2, 0.25) is 0 Å². The van der Waals surface area contributed by atoms with E-state index in [9.17, 15) is 10.2 Å². The summed E-state index contributed by atoms with van der Waals surface area (Å²) in [5.74, 6) is 0. The van der Waals surface area contributed by atoms with E-state index < -0.39 is 12.2 Å². The molecule has 4 unspecified atom stereocenters. The predicted molar refractivity (Wildman–Crippen MR) is 174 cm³/mol. The van der Waals surface area contributed by atoms with Gasteiger partial charge in [0, 0.05) is 0 Å². The van der Waals surface area contributed by atoms with Gasteiger partial charge in [0.05, 0.1) is 36.2 Å². The fourth-order valence-corrected chi connectivity index (χ4v) is 5.72. The van der Waals surface area contributed by atoms with E-state index in [0.717, 1.165) is 25.7 Å². The molecular formula is C34H68Cl2O3. The molecule has 5 heteroatoms. The second-order valence-electron chi connectivity index (χ2n) is 12.1. The van der Waals surface area contributed by atoms with Crippen LogP contribution in [0.3, 0.4) is 0 Å². The summed E-state index contributed by atoms with van der Waals surface area (Å²) in [4.78, 5) is 0. The van der Waals surface area contributed by atoms with Crippen LogP contribution in [-0.4, -0.2) is 46.4 Å². The standard InChI is InChI=1S/C34H68Cl2O3/c1-3-5-7-9-11-13-15-17-19-21-23-25-27-31(35)33(37)29-39-30-34(38)32(36)28-26-24-22-20-18-16-14-12-10-8-6-4-2/h31-34,37-38H,3-30H2,1-2H3. The first-order valence-electron chi connectivity index (χ1n) is 17.2. The van der Waals surface area contributed by atoms with Crippen LogP contribution in [0.15, 0.2) is 0 Å². The Morgan fingerprint density at radius 2 is 0.641 bits per heavy atom. The summed E-state index contributed by atoms with van der Waals surface area (Å²) in [7, 11) is 0. The monoisotopic (exact) mass is 594 g/mol. The second kappa shape index (κ2) is 31.4. The summed E-state index contributed by atoms with van der Waals surface area (Å²) in [5, 5.41) is 20.0. The van der Waals surface area contributed by atoms with Gasteiger partial charge in [0.2, 0.25) is 0 Å². The van der Waals surface area contributed by atoms with Crippen LogP contribution < -0.4 is 0 Å². The SMILES string of the molecule is CCCCCCCCCCCCCCC(Cl)C(O)COCC(O)C(Cl)CCCCCCCCCCCCCC. The lowest BCUT2D eigenvalue weighted by Gasteiger charge is -2.20.